The lowest BCUT2D eigenvalue weighted by atomic mass is 9.89. The number of hydrogen-bond acceptors (Lipinski definition) is 14. The molecule has 0 saturated carbocycles. The van der Waals surface area contributed by atoms with Gasteiger partial charge >= 0.3 is 0 Å². The van der Waals surface area contributed by atoms with E-state index in [2.05, 4.69) is 15.3 Å². The molecule has 16 heteroatoms. The van der Waals surface area contributed by atoms with Crippen LogP contribution in [-0.2, 0) is 23.3 Å². The van der Waals surface area contributed by atoms with Crippen molar-refractivity contribution in [1.82, 2.24) is 9.97 Å². The molecule has 3 heterocycles. The van der Waals surface area contributed by atoms with Gasteiger partial charge in [0.1, 0.15) is 47.4 Å². The molecule has 1 aliphatic rings. The summed E-state index contributed by atoms with van der Waals surface area (Å²) in [5.74, 6) is -0.830. The molecule has 3 rings (SSSR count). The molecule has 0 amide bonds. The van der Waals surface area contributed by atoms with Crippen molar-refractivity contribution >= 4 is 57.7 Å². The fourth-order valence-corrected chi connectivity index (χ4v) is 7.07. The maximum atomic E-state index is 14.3. The van der Waals surface area contributed by atoms with Gasteiger partial charge in [-0.25, -0.2) is 9.97 Å². The van der Waals surface area contributed by atoms with E-state index in [0.717, 1.165) is 0 Å². The van der Waals surface area contributed by atoms with Gasteiger partial charge in [0.2, 0.25) is 7.37 Å². The van der Waals surface area contributed by atoms with Crippen LogP contribution >= 0.6 is 30.6 Å². The first kappa shape index (κ1) is 36.0. The van der Waals surface area contributed by atoms with Crippen LogP contribution in [0.5, 0.6) is 0 Å². The number of fused-ring (bicyclic) bond motifs is 1. The zero-order valence-corrected chi connectivity index (χ0v) is 28.5. The summed E-state index contributed by atoms with van der Waals surface area (Å²) in [6.07, 6.45) is -0.917. The highest BCUT2D eigenvalue weighted by Crippen LogP contribution is 2.54. The summed E-state index contributed by atoms with van der Waals surface area (Å²) in [6.45, 7) is 13.1. The smallest absolute Gasteiger partial charge is 0.234 e. The lowest BCUT2D eigenvalue weighted by Crippen LogP contribution is -2.43. The normalized spacial score (nSPS) is 25.1. The Kier molecular flexibility index (Phi) is 11.2. The highest BCUT2D eigenvalue weighted by atomic mass is 32.2. The Hall–Kier alpha value is -1.52. The molecule has 0 aromatic carbocycles. The molecule has 2 aromatic rings. The van der Waals surface area contributed by atoms with Gasteiger partial charge < -0.3 is 47.8 Å². The second kappa shape index (κ2) is 13.5. The first-order valence-corrected chi connectivity index (χ1v) is 17.2. The van der Waals surface area contributed by atoms with Gasteiger partial charge in [-0.2, -0.15) is 0 Å². The number of nitrogens with zero attached hydrogens (tertiary/aromatic N) is 2. The Morgan fingerprint density at radius 1 is 1.23 bits per heavy atom. The zero-order valence-electron chi connectivity index (χ0n) is 26.0. The van der Waals surface area contributed by atoms with Crippen LogP contribution in [0.15, 0.2) is 17.0 Å². The third-order valence-electron chi connectivity index (χ3n) is 7.02. The van der Waals surface area contributed by atoms with E-state index in [1.807, 2.05) is 20.8 Å². The summed E-state index contributed by atoms with van der Waals surface area (Å²) in [7, 11) is -2.12. The fourth-order valence-electron chi connectivity index (χ4n) is 4.46. The SMILES string of the molecule is CCP(=O)(OCC1OC(c2coc3c(NC)ncnc23)C(C)(O)C1O)C(COC(=S)C(C)(C)C)OC(=S(O)O)C(C)(C)C. The molecule has 6 unspecified atom stereocenters. The van der Waals surface area contributed by atoms with Crippen LogP contribution in [0.2, 0.25) is 0 Å². The van der Waals surface area contributed by atoms with E-state index >= 15 is 0 Å². The first-order valence-electron chi connectivity index (χ1n) is 13.8. The number of rotatable bonds is 10. The predicted molar refractivity (Wildman–Crippen MR) is 170 cm³/mol. The first-order chi connectivity index (χ1) is 19.8. The Balaban J connectivity index is 1.89. The molecule has 244 valence electrons. The van der Waals surface area contributed by atoms with Crippen molar-refractivity contribution in [2.24, 2.45) is 10.8 Å². The van der Waals surface area contributed by atoms with Gasteiger partial charge in [0.25, 0.3) is 0 Å². The number of furan rings is 1. The highest BCUT2D eigenvalue weighted by molar-refractivity contribution is 8.05. The zero-order chi connectivity index (χ0) is 32.5. The number of aliphatic hydroxyl groups is 2. The summed E-state index contributed by atoms with van der Waals surface area (Å²) in [4.78, 5) is 8.39. The number of nitrogens with one attached hydrogen (secondary N) is 1. The van der Waals surface area contributed by atoms with Crippen LogP contribution in [0.1, 0.15) is 67.1 Å². The lowest BCUT2D eigenvalue weighted by Gasteiger charge is -2.32. The van der Waals surface area contributed by atoms with Crippen LogP contribution in [0.25, 0.3) is 11.1 Å². The average Bonchev–Trinajstić information content (AvgIpc) is 3.43. The highest BCUT2D eigenvalue weighted by Gasteiger charge is 2.54. The van der Waals surface area contributed by atoms with Gasteiger partial charge in [-0.1, -0.05) is 48.5 Å². The second-order valence-electron chi connectivity index (χ2n) is 12.6. The van der Waals surface area contributed by atoms with Gasteiger partial charge in [-0.15, -0.1) is 0 Å². The van der Waals surface area contributed by atoms with Crippen LogP contribution in [0.4, 0.5) is 5.82 Å². The van der Waals surface area contributed by atoms with E-state index in [-0.39, 0.29) is 29.5 Å². The van der Waals surface area contributed by atoms with Crippen molar-refractivity contribution < 1.29 is 47.0 Å². The van der Waals surface area contributed by atoms with E-state index in [4.69, 9.17) is 35.4 Å². The third kappa shape index (κ3) is 7.83. The van der Waals surface area contributed by atoms with Crippen molar-refractivity contribution in [2.75, 3.05) is 31.7 Å². The lowest BCUT2D eigenvalue weighted by molar-refractivity contribution is -0.0643. The van der Waals surface area contributed by atoms with E-state index in [1.165, 1.54) is 19.5 Å². The molecule has 0 aliphatic carbocycles. The van der Waals surface area contributed by atoms with Gasteiger partial charge in [0.05, 0.1) is 23.9 Å². The quantitative estimate of drug-likeness (QED) is 0.164. The Bertz CT molecular complexity index is 1380. The topological polar surface area (TPSA) is 186 Å². The molecule has 1 aliphatic heterocycles. The monoisotopic (exact) mass is 665 g/mol. The number of ether oxygens (including phenoxy) is 3. The predicted octanol–water partition coefficient (Wildman–Crippen LogP) is 5.25. The van der Waals surface area contributed by atoms with Gasteiger partial charge in [-0.05, 0) is 19.1 Å². The van der Waals surface area contributed by atoms with Gasteiger partial charge in [-0.3, -0.25) is 4.57 Å². The van der Waals surface area contributed by atoms with Crippen molar-refractivity contribution in [3.05, 3.63) is 18.2 Å². The van der Waals surface area contributed by atoms with E-state index in [1.54, 1.807) is 34.7 Å². The standard InChI is InChI=1S/C27H44N3O10PS2/c1-10-41(33,17(13-37-23(42)25(2,3)4)40-24(43(34)35)26(5,6)7)38-12-16-20(31)27(8,32)21(39-16)15-11-36-19-18(15)29-14-30-22(19)28-9/h11,14,16-17,20-21,31-32,34-35H,10,12-13H2,1-9H3,(H,28,29,30). The van der Waals surface area contributed by atoms with Gasteiger partial charge in [0, 0.05) is 29.6 Å². The van der Waals surface area contributed by atoms with Gasteiger partial charge in [0.15, 0.2) is 22.3 Å². The molecule has 1 fully saturated rings. The molecule has 6 atom stereocenters. The van der Waals surface area contributed by atoms with Crippen LogP contribution in [0, 0.1) is 10.8 Å². The second-order valence-corrected chi connectivity index (χ2v) is 16.8. The minimum Gasteiger partial charge on any atom is -0.483 e. The summed E-state index contributed by atoms with van der Waals surface area (Å²) in [6, 6.07) is 0. The van der Waals surface area contributed by atoms with Crippen molar-refractivity contribution in [3.8, 4) is 0 Å². The summed E-state index contributed by atoms with van der Waals surface area (Å²) in [5, 5.41) is 25.5. The Morgan fingerprint density at radius 3 is 2.42 bits per heavy atom. The number of hydrogen-bond donors (Lipinski definition) is 5. The Morgan fingerprint density at radius 2 is 1.88 bits per heavy atom. The molecule has 13 nitrogen and oxygen atoms in total. The average molecular weight is 666 g/mol. The van der Waals surface area contributed by atoms with Crippen molar-refractivity contribution in [1.29, 1.82) is 0 Å². The van der Waals surface area contributed by atoms with E-state index in [9.17, 15) is 23.9 Å². The number of aromatic nitrogens is 2. The molecule has 0 spiro atoms. The molecular formula is C27H44N3O10PS2. The number of thiocarbonyl (C=S) groups is 1. The van der Waals surface area contributed by atoms with Crippen molar-refractivity contribution in [2.45, 2.75) is 85.1 Å². The van der Waals surface area contributed by atoms with E-state index in [0.29, 0.717) is 22.5 Å². The molecular weight excluding hydrogens is 621 g/mol. The minimum atomic E-state index is -3.80. The fraction of sp³-hybridized carbons (Fsp3) is 0.704. The summed E-state index contributed by atoms with van der Waals surface area (Å²) < 4.78 is 64.0. The van der Waals surface area contributed by atoms with E-state index < -0.39 is 59.0 Å². The number of anilines is 1. The van der Waals surface area contributed by atoms with Crippen LogP contribution in [-0.4, -0.2) is 89.5 Å². The molecule has 43 heavy (non-hydrogen) atoms. The molecule has 2 aromatic heterocycles. The number of aliphatic hydroxyl groups excluding tert-OH is 1. The summed E-state index contributed by atoms with van der Waals surface area (Å²) >= 11 is 3.13. The largest absolute Gasteiger partial charge is 0.483 e. The summed E-state index contributed by atoms with van der Waals surface area (Å²) in [5.41, 5.74) is -1.97. The third-order valence-corrected chi connectivity index (χ3v) is 11.4. The maximum Gasteiger partial charge on any atom is 0.234 e. The van der Waals surface area contributed by atoms with Crippen LogP contribution < -0.4 is 5.32 Å². The molecule has 0 bridgehead atoms. The minimum absolute atomic E-state index is 0.0237. The Labute approximate surface area is 260 Å². The molecule has 5 N–H and O–H groups in total. The maximum absolute atomic E-state index is 14.3. The van der Waals surface area contributed by atoms with Crippen LogP contribution in [0.3, 0.4) is 0 Å². The molecule has 0 radical (unpaired) electrons. The molecule has 1 saturated heterocycles. The van der Waals surface area contributed by atoms with Crippen molar-refractivity contribution in [3.63, 3.8) is 0 Å².